The lowest BCUT2D eigenvalue weighted by molar-refractivity contribution is 0.236. The van der Waals surface area contributed by atoms with E-state index in [1.807, 2.05) is 60.6 Å². The van der Waals surface area contributed by atoms with Gasteiger partial charge in [-0.1, -0.05) is 18.2 Å². The third-order valence-corrected chi connectivity index (χ3v) is 4.26. The van der Waals surface area contributed by atoms with Crippen LogP contribution in [0.25, 0.3) is 10.8 Å². The Balaban J connectivity index is 1.64. The van der Waals surface area contributed by atoms with Crippen LogP contribution in [-0.4, -0.2) is 28.3 Å². The van der Waals surface area contributed by atoms with E-state index in [1.165, 1.54) is 16.0 Å². The first-order valence-electron chi connectivity index (χ1n) is 7.68. The van der Waals surface area contributed by atoms with E-state index in [0.29, 0.717) is 25.7 Å². The molecule has 3 aromatic rings. The molecule has 0 aliphatic heterocycles. The molecule has 0 radical (unpaired) electrons. The van der Waals surface area contributed by atoms with Crippen LogP contribution in [0, 0.1) is 0 Å². The van der Waals surface area contributed by atoms with E-state index in [1.54, 1.807) is 0 Å². The van der Waals surface area contributed by atoms with Gasteiger partial charge in [0.05, 0.1) is 11.5 Å². The molecule has 2 aromatic heterocycles. The zero-order chi connectivity index (χ0) is 16.9. The molecule has 24 heavy (non-hydrogen) atoms. The van der Waals surface area contributed by atoms with Gasteiger partial charge in [-0.15, -0.1) is 16.4 Å². The summed E-state index contributed by atoms with van der Waals surface area (Å²) in [5.41, 5.74) is 1.14. The Morgan fingerprint density at radius 3 is 2.75 bits per heavy atom. The van der Waals surface area contributed by atoms with Crippen molar-refractivity contribution < 1.29 is 9.15 Å². The molecule has 2 heterocycles. The van der Waals surface area contributed by atoms with E-state index in [4.69, 9.17) is 9.15 Å². The van der Waals surface area contributed by atoms with Crippen molar-refractivity contribution in [3.8, 4) is 16.5 Å². The Bertz CT molecular complexity index is 822. The maximum Gasteiger partial charge on any atom is 0.438 e. The van der Waals surface area contributed by atoms with Crippen LogP contribution < -0.4 is 10.5 Å². The number of rotatable bonds is 7. The van der Waals surface area contributed by atoms with Crippen LogP contribution in [0.2, 0.25) is 0 Å². The van der Waals surface area contributed by atoms with E-state index >= 15 is 0 Å². The molecule has 0 spiro atoms. The monoisotopic (exact) mass is 345 g/mol. The summed E-state index contributed by atoms with van der Waals surface area (Å²) in [5, 5.41) is 6.18. The topological polar surface area (TPSA) is 60.5 Å². The van der Waals surface area contributed by atoms with E-state index < -0.39 is 5.76 Å². The van der Waals surface area contributed by atoms with Crippen LogP contribution >= 0.6 is 11.3 Å². The fourth-order valence-electron chi connectivity index (χ4n) is 2.34. The first-order valence-corrected chi connectivity index (χ1v) is 8.56. The molecule has 1 aromatic carbocycles. The Morgan fingerprint density at radius 1 is 1.29 bits per heavy atom. The van der Waals surface area contributed by atoms with Crippen molar-refractivity contribution in [2.75, 3.05) is 13.7 Å². The summed E-state index contributed by atoms with van der Waals surface area (Å²) in [6.07, 6.45) is 0. The Morgan fingerprint density at radius 2 is 2.08 bits per heavy atom. The molecule has 0 N–H and O–H groups in total. The SMILES string of the molecule is CCOc1ccc(CN(C)Cn2nc(-c3cccs3)oc2=O)cc1. The van der Waals surface area contributed by atoms with E-state index in [0.717, 1.165) is 16.2 Å². The molecular weight excluding hydrogens is 326 g/mol. The molecule has 0 saturated carbocycles. The number of nitrogens with zero attached hydrogens (tertiary/aromatic N) is 3. The minimum absolute atomic E-state index is 0.362. The van der Waals surface area contributed by atoms with Crippen LogP contribution in [-0.2, 0) is 13.2 Å². The van der Waals surface area contributed by atoms with Crippen LogP contribution in [0.1, 0.15) is 12.5 Å². The molecule has 3 rings (SSSR count). The summed E-state index contributed by atoms with van der Waals surface area (Å²) in [6.45, 7) is 3.67. The standard InChI is InChI=1S/C17H19N3O3S/c1-3-22-14-8-6-13(7-9-14)11-19(2)12-20-17(21)23-16(18-20)15-5-4-10-24-15/h4-10H,3,11-12H2,1-2H3. The van der Waals surface area contributed by atoms with E-state index in [2.05, 4.69) is 5.10 Å². The summed E-state index contributed by atoms with van der Waals surface area (Å²) < 4.78 is 12.0. The number of hydrogen-bond acceptors (Lipinski definition) is 6. The molecule has 6 nitrogen and oxygen atoms in total. The third-order valence-electron chi connectivity index (χ3n) is 3.40. The lowest BCUT2D eigenvalue weighted by atomic mass is 10.2. The van der Waals surface area contributed by atoms with Crippen molar-refractivity contribution in [3.63, 3.8) is 0 Å². The van der Waals surface area contributed by atoms with Crippen LogP contribution in [0.3, 0.4) is 0 Å². The second kappa shape index (κ2) is 7.46. The van der Waals surface area contributed by atoms with Gasteiger partial charge in [0.1, 0.15) is 12.4 Å². The molecule has 0 aliphatic carbocycles. The predicted octanol–water partition coefficient (Wildman–Crippen LogP) is 3.05. The lowest BCUT2D eigenvalue weighted by Gasteiger charge is -2.15. The van der Waals surface area contributed by atoms with Gasteiger partial charge >= 0.3 is 5.76 Å². The van der Waals surface area contributed by atoms with Crippen LogP contribution in [0.5, 0.6) is 5.75 Å². The van der Waals surface area contributed by atoms with Gasteiger partial charge in [0, 0.05) is 6.54 Å². The molecule has 0 bridgehead atoms. The quantitative estimate of drug-likeness (QED) is 0.659. The third kappa shape index (κ3) is 3.93. The number of hydrogen-bond donors (Lipinski definition) is 0. The van der Waals surface area contributed by atoms with Gasteiger partial charge in [0.15, 0.2) is 0 Å². The second-order valence-electron chi connectivity index (χ2n) is 5.38. The highest BCUT2D eigenvalue weighted by atomic mass is 32.1. The van der Waals surface area contributed by atoms with Gasteiger partial charge in [0.2, 0.25) is 0 Å². The van der Waals surface area contributed by atoms with Gasteiger partial charge in [-0.3, -0.25) is 4.90 Å². The normalized spacial score (nSPS) is 11.1. The summed E-state index contributed by atoms with van der Waals surface area (Å²) in [7, 11) is 1.93. The number of benzene rings is 1. The Hall–Kier alpha value is -2.38. The minimum atomic E-state index is -0.447. The van der Waals surface area contributed by atoms with Crippen molar-refractivity contribution in [2.24, 2.45) is 0 Å². The molecule has 0 amide bonds. The molecule has 0 atom stereocenters. The molecule has 7 heteroatoms. The van der Waals surface area contributed by atoms with Gasteiger partial charge in [-0.2, -0.15) is 4.68 Å². The average molecular weight is 345 g/mol. The molecule has 0 aliphatic rings. The first-order chi connectivity index (χ1) is 11.7. The van der Waals surface area contributed by atoms with E-state index in [-0.39, 0.29) is 0 Å². The molecule has 0 saturated heterocycles. The maximum atomic E-state index is 11.9. The summed E-state index contributed by atoms with van der Waals surface area (Å²) in [5.74, 6) is 0.777. The van der Waals surface area contributed by atoms with Gasteiger partial charge in [-0.05, 0) is 43.1 Å². The summed E-state index contributed by atoms with van der Waals surface area (Å²) in [4.78, 5) is 14.8. The smallest absolute Gasteiger partial charge is 0.438 e. The Kier molecular flexibility index (Phi) is 5.12. The highest BCUT2D eigenvalue weighted by Crippen LogP contribution is 2.21. The van der Waals surface area contributed by atoms with Gasteiger partial charge in [-0.25, -0.2) is 4.79 Å². The molecule has 126 valence electrons. The molecule has 0 unspecified atom stereocenters. The average Bonchev–Trinajstić information content (AvgIpc) is 3.20. The zero-order valence-electron chi connectivity index (χ0n) is 13.6. The lowest BCUT2D eigenvalue weighted by Crippen LogP contribution is -2.28. The summed E-state index contributed by atoms with van der Waals surface area (Å²) in [6, 6.07) is 11.7. The van der Waals surface area contributed by atoms with Crippen molar-refractivity contribution in [1.29, 1.82) is 0 Å². The maximum absolute atomic E-state index is 11.9. The van der Waals surface area contributed by atoms with Crippen molar-refractivity contribution in [1.82, 2.24) is 14.7 Å². The zero-order valence-corrected chi connectivity index (χ0v) is 14.5. The molecular formula is C17H19N3O3S. The summed E-state index contributed by atoms with van der Waals surface area (Å²) >= 11 is 1.49. The number of thiophene rings is 1. The van der Waals surface area contributed by atoms with E-state index in [9.17, 15) is 4.79 Å². The minimum Gasteiger partial charge on any atom is -0.494 e. The fraction of sp³-hybridized carbons (Fsp3) is 0.294. The fourth-order valence-corrected chi connectivity index (χ4v) is 2.99. The highest BCUT2D eigenvalue weighted by Gasteiger charge is 2.12. The number of aromatic nitrogens is 2. The van der Waals surface area contributed by atoms with Gasteiger partial charge in [0.25, 0.3) is 5.89 Å². The van der Waals surface area contributed by atoms with Crippen molar-refractivity contribution in [3.05, 3.63) is 57.9 Å². The van der Waals surface area contributed by atoms with Crippen molar-refractivity contribution >= 4 is 11.3 Å². The molecule has 0 fully saturated rings. The highest BCUT2D eigenvalue weighted by molar-refractivity contribution is 7.13. The first kappa shape index (κ1) is 16.5. The largest absolute Gasteiger partial charge is 0.494 e. The van der Waals surface area contributed by atoms with Crippen molar-refractivity contribution in [2.45, 2.75) is 20.1 Å². The van der Waals surface area contributed by atoms with Crippen LogP contribution in [0.15, 0.2) is 51.0 Å². The predicted molar refractivity (Wildman–Crippen MR) is 93.2 cm³/mol. The van der Waals surface area contributed by atoms with Crippen LogP contribution in [0.4, 0.5) is 0 Å². The van der Waals surface area contributed by atoms with Gasteiger partial charge < -0.3 is 9.15 Å². The Labute approximate surface area is 143 Å². The number of ether oxygens (including phenoxy) is 1. The second-order valence-corrected chi connectivity index (χ2v) is 6.33.